The molecule has 0 saturated carbocycles. The highest BCUT2D eigenvalue weighted by atomic mass is 16.5. The van der Waals surface area contributed by atoms with Crippen LogP contribution in [0.5, 0.6) is 0 Å². The molecule has 0 fully saturated rings. The third kappa shape index (κ3) is 3.20. The first-order valence-electron chi connectivity index (χ1n) is 8.57. The van der Waals surface area contributed by atoms with E-state index in [1.165, 1.54) is 0 Å². The van der Waals surface area contributed by atoms with Crippen LogP contribution in [0.4, 0.5) is 5.82 Å². The Hall–Kier alpha value is -2.18. The van der Waals surface area contributed by atoms with Gasteiger partial charge in [-0.25, -0.2) is 9.97 Å². The molecular formula is C18H25N5O. The smallest absolute Gasteiger partial charge is 0.152 e. The monoisotopic (exact) mass is 327 g/mol. The summed E-state index contributed by atoms with van der Waals surface area (Å²) in [5, 5.41) is 1.08. The number of nitrogens with two attached hydrogens (primary N) is 2. The number of ether oxygens (including phenoxy) is 1. The summed E-state index contributed by atoms with van der Waals surface area (Å²) in [6.45, 7) is 4.64. The molecule has 1 aromatic carbocycles. The molecule has 24 heavy (non-hydrogen) atoms. The van der Waals surface area contributed by atoms with Crippen LogP contribution in [0.2, 0.25) is 0 Å². The highest BCUT2D eigenvalue weighted by Gasteiger charge is 2.16. The highest BCUT2D eigenvalue weighted by molar-refractivity contribution is 6.06. The van der Waals surface area contributed by atoms with Gasteiger partial charge in [0, 0.05) is 24.9 Å². The number of rotatable bonds is 8. The number of benzene rings is 1. The van der Waals surface area contributed by atoms with Crippen LogP contribution in [0, 0.1) is 0 Å². The average Bonchev–Trinajstić information content (AvgIpc) is 2.96. The third-order valence-corrected chi connectivity index (χ3v) is 4.16. The van der Waals surface area contributed by atoms with E-state index in [4.69, 9.17) is 21.2 Å². The molecular weight excluding hydrogens is 302 g/mol. The molecule has 0 unspecified atom stereocenters. The lowest BCUT2D eigenvalue weighted by atomic mass is 10.2. The van der Waals surface area contributed by atoms with Crippen molar-refractivity contribution >= 4 is 27.8 Å². The Kier molecular flexibility index (Phi) is 5.27. The van der Waals surface area contributed by atoms with E-state index in [2.05, 4.69) is 22.5 Å². The minimum Gasteiger partial charge on any atom is -0.382 e. The minimum atomic E-state index is 0.489. The van der Waals surface area contributed by atoms with Crippen LogP contribution in [0.3, 0.4) is 0 Å². The summed E-state index contributed by atoms with van der Waals surface area (Å²) in [7, 11) is 0. The second-order valence-corrected chi connectivity index (χ2v) is 5.90. The van der Waals surface area contributed by atoms with Crippen molar-refractivity contribution in [3.8, 4) is 0 Å². The Morgan fingerprint density at radius 3 is 2.79 bits per heavy atom. The van der Waals surface area contributed by atoms with Crippen LogP contribution >= 0.6 is 0 Å². The molecule has 0 aliphatic heterocycles. The lowest BCUT2D eigenvalue weighted by molar-refractivity contribution is 0.133. The van der Waals surface area contributed by atoms with Crippen molar-refractivity contribution in [2.75, 3.05) is 25.5 Å². The molecule has 0 bridgehead atoms. The van der Waals surface area contributed by atoms with Gasteiger partial charge in [0.15, 0.2) is 5.82 Å². The average molecular weight is 327 g/mol. The molecule has 128 valence electrons. The highest BCUT2D eigenvalue weighted by Crippen LogP contribution is 2.29. The molecule has 3 aromatic rings. The molecule has 0 atom stereocenters. The maximum atomic E-state index is 6.17. The van der Waals surface area contributed by atoms with Gasteiger partial charge < -0.3 is 20.8 Å². The van der Waals surface area contributed by atoms with Crippen molar-refractivity contribution in [2.45, 2.75) is 32.7 Å². The van der Waals surface area contributed by atoms with Gasteiger partial charge in [0.05, 0.1) is 24.2 Å². The van der Waals surface area contributed by atoms with Crippen LogP contribution in [0.25, 0.3) is 21.9 Å². The number of anilines is 1. The predicted octanol–water partition coefficient (Wildman–Crippen LogP) is 2.48. The van der Waals surface area contributed by atoms with Crippen LogP contribution < -0.4 is 11.5 Å². The molecule has 6 nitrogen and oxygen atoms in total. The number of unbranched alkanes of at least 4 members (excludes halogenated alkanes) is 1. The summed E-state index contributed by atoms with van der Waals surface area (Å²) in [5.74, 6) is 1.54. The summed E-state index contributed by atoms with van der Waals surface area (Å²) >= 11 is 0. The van der Waals surface area contributed by atoms with Gasteiger partial charge in [0.25, 0.3) is 0 Å². The maximum absolute atomic E-state index is 6.17. The van der Waals surface area contributed by atoms with Gasteiger partial charge in [-0.3, -0.25) is 0 Å². The van der Waals surface area contributed by atoms with E-state index < -0.39 is 0 Å². The topological polar surface area (TPSA) is 92.0 Å². The van der Waals surface area contributed by atoms with Crippen LogP contribution in [0.15, 0.2) is 24.3 Å². The zero-order chi connectivity index (χ0) is 16.9. The van der Waals surface area contributed by atoms with Crippen molar-refractivity contribution in [1.82, 2.24) is 14.5 Å². The Morgan fingerprint density at radius 2 is 2.00 bits per heavy atom. The van der Waals surface area contributed by atoms with E-state index in [9.17, 15) is 0 Å². The van der Waals surface area contributed by atoms with Gasteiger partial charge in [-0.15, -0.1) is 0 Å². The van der Waals surface area contributed by atoms with Crippen LogP contribution in [0.1, 0.15) is 25.6 Å². The van der Waals surface area contributed by atoms with E-state index in [-0.39, 0.29) is 0 Å². The largest absolute Gasteiger partial charge is 0.382 e. The van der Waals surface area contributed by atoms with E-state index in [0.717, 1.165) is 53.6 Å². The summed E-state index contributed by atoms with van der Waals surface area (Å²) in [6, 6.07) is 8.06. The van der Waals surface area contributed by atoms with E-state index >= 15 is 0 Å². The first-order chi connectivity index (χ1) is 11.8. The van der Waals surface area contributed by atoms with Gasteiger partial charge in [-0.05, 0) is 12.5 Å². The van der Waals surface area contributed by atoms with Crippen molar-refractivity contribution in [1.29, 1.82) is 0 Å². The fourth-order valence-corrected chi connectivity index (χ4v) is 3.01. The number of aromatic nitrogens is 3. The van der Waals surface area contributed by atoms with E-state index in [1.54, 1.807) is 0 Å². The van der Waals surface area contributed by atoms with Crippen molar-refractivity contribution in [3.63, 3.8) is 0 Å². The number of aryl methyl sites for hydroxylation is 1. The standard InChI is InChI=1S/C18H25N5O/c1-2-3-8-15-22-16-17(23(15)10-12-24-11-9-19)13-6-4-5-7-14(13)21-18(16)20/h4-7H,2-3,8-12,19H2,1H3,(H2,20,21). The van der Waals surface area contributed by atoms with Crippen LogP contribution in [-0.4, -0.2) is 34.3 Å². The maximum Gasteiger partial charge on any atom is 0.152 e. The number of nitrogen functional groups attached to an aromatic ring is 1. The molecule has 0 aliphatic carbocycles. The number of hydrogen-bond acceptors (Lipinski definition) is 5. The summed E-state index contributed by atoms with van der Waals surface area (Å²) in [6.07, 6.45) is 3.15. The number of nitrogens with zero attached hydrogens (tertiary/aromatic N) is 3. The van der Waals surface area contributed by atoms with Crippen molar-refractivity contribution in [3.05, 3.63) is 30.1 Å². The number of imidazole rings is 1. The number of pyridine rings is 1. The fourth-order valence-electron chi connectivity index (χ4n) is 3.01. The molecule has 3 rings (SSSR count). The molecule has 0 radical (unpaired) electrons. The first kappa shape index (κ1) is 16.7. The Balaban J connectivity index is 2.11. The number of fused-ring (bicyclic) bond motifs is 3. The zero-order valence-corrected chi connectivity index (χ0v) is 14.2. The SMILES string of the molecule is CCCCc1nc2c(N)nc3ccccc3c2n1CCOCCN. The molecule has 2 aromatic heterocycles. The fraction of sp³-hybridized carbons (Fsp3) is 0.444. The van der Waals surface area contributed by atoms with Gasteiger partial charge in [0.1, 0.15) is 11.3 Å². The van der Waals surface area contributed by atoms with Crippen molar-refractivity contribution < 1.29 is 4.74 Å². The van der Waals surface area contributed by atoms with E-state index in [1.807, 2.05) is 18.2 Å². The molecule has 4 N–H and O–H groups in total. The Labute approximate surface area is 141 Å². The molecule has 6 heteroatoms. The minimum absolute atomic E-state index is 0.489. The first-order valence-corrected chi connectivity index (χ1v) is 8.57. The molecule has 2 heterocycles. The Bertz CT molecular complexity index is 827. The zero-order valence-electron chi connectivity index (χ0n) is 14.2. The lowest BCUT2D eigenvalue weighted by Crippen LogP contribution is -2.14. The normalized spacial score (nSPS) is 11.6. The van der Waals surface area contributed by atoms with Gasteiger partial charge in [-0.2, -0.15) is 0 Å². The summed E-state index contributed by atoms with van der Waals surface area (Å²) < 4.78 is 7.82. The third-order valence-electron chi connectivity index (χ3n) is 4.16. The quantitative estimate of drug-likeness (QED) is 0.620. The second-order valence-electron chi connectivity index (χ2n) is 5.90. The lowest BCUT2D eigenvalue weighted by Gasteiger charge is -2.11. The second kappa shape index (κ2) is 7.59. The van der Waals surface area contributed by atoms with Gasteiger partial charge in [0.2, 0.25) is 0 Å². The van der Waals surface area contributed by atoms with Crippen LogP contribution in [-0.2, 0) is 17.7 Å². The molecule has 0 aliphatic rings. The van der Waals surface area contributed by atoms with Gasteiger partial charge in [-0.1, -0.05) is 31.5 Å². The molecule has 0 amide bonds. The van der Waals surface area contributed by atoms with Crippen molar-refractivity contribution in [2.24, 2.45) is 5.73 Å². The summed E-state index contributed by atoms with van der Waals surface area (Å²) in [5.41, 5.74) is 14.4. The number of hydrogen-bond donors (Lipinski definition) is 2. The summed E-state index contributed by atoms with van der Waals surface area (Å²) in [4.78, 5) is 9.30. The Morgan fingerprint density at radius 1 is 1.17 bits per heavy atom. The molecule has 0 spiro atoms. The van der Waals surface area contributed by atoms with E-state index in [0.29, 0.717) is 25.6 Å². The van der Waals surface area contributed by atoms with Gasteiger partial charge >= 0.3 is 0 Å². The predicted molar refractivity (Wildman–Crippen MR) is 97.9 cm³/mol. The number of para-hydroxylation sites is 1. The molecule has 0 saturated heterocycles.